The fraction of sp³-hybridized carbons (Fsp3) is 0.0833. The monoisotopic (exact) mass is 574 g/mol. The lowest BCUT2D eigenvalue weighted by Gasteiger charge is -2.14. The van der Waals surface area contributed by atoms with Crippen LogP contribution >= 0.6 is 39.9 Å². The van der Waals surface area contributed by atoms with Crippen LogP contribution in [0.2, 0.25) is 0 Å². The van der Waals surface area contributed by atoms with E-state index in [4.69, 9.17) is 21.7 Å². The zero-order valence-corrected chi connectivity index (χ0v) is 21.3. The van der Waals surface area contributed by atoms with Gasteiger partial charge in [0.1, 0.15) is 12.4 Å². The van der Waals surface area contributed by atoms with Gasteiger partial charge in [0.15, 0.2) is 15.8 Å². The summed E-state index contributed by atoms with van der Waals surface area (Å²) in [7, 11) is 1.50. The molecule has 0 saturated carbocycles. The highest BCUT2D eigenvalue weighted by molar-refractivity contribution is 9.10. The van der Waals surface area contributed by atoms with Crippen molar-refractivity contribution >= 4 is 67.6 Å². The summed E-state index contributed by atoms with van der Waals surface area (Å²) in [6.45, 7) is 0.205. The molecule has 1 aliphatic rings. The summed E-state index contributed by atoms with van der Waals surface area (Å²) < 4.78 is 25.4. The van der Waals surface area contributed by atoms with Crippen molar-refractivity contribution in [2.24, 2.45) is 0 Å². The number of nitrogens with zero attached hydrogens (tertiary/aromatic N) is 2. The number of thiocarbonyl (C=S) groups is 1. The largest absolute Gasteiger partial charge is 0.493 e. The molecule has 1 aliphatic heterocycles. The Balaban J connectivity index is 1.58. The number of thioether (sulfide) groups is 1. The maximum Gasteiger partial charge on any atom is 0.271 e. The molecule has 11 heteroatoms. The van der Waals surface area contributed by atoms with E-state index in [1.165, 1.54) is 42.3 Å². The van der Waals surface area contributed by atoms with Crippen molar-refractivity contribution in [3.63, 3.8) is 0 Å². The van der Waals surface area contributed by atoms with E-state index >= 15 is 0 Å². The molecule has 1 fully saturated rings. The predicted molar refractivity (Wildman–Crippen MR) is 140 cm³/mol. The normalized spacial score (nSPS) is 14.5. The maximum absolute atomic E-state index is 13.1. The molecule has 35 heavy (non-hydrogen) atoms. The van der Waals surface area contributed by atoms with Gasteiger partial charge in [-0.2, -0.15) is 0 Å². The van der Waals surface area contributed by atoms with E-state index in [-0.39, 0.29) is 28.3 Å². The Morgan fingerprint density at radius 1 is 1.20 bits per heavy atom. The summed E-state index contributed by atoms with van der Waals surface area (Å²) in [5.41, 5.74) is 1.63. The summed E-state index contributed by atoms with van der Waals surface area (Å²) >= 11 is 9.95. The standard InChI is InChI=1S/C24H16BrFN2O5S2/c1-32-20-10-15(9-19(25)22(20)33-13-14-5-7-16(26)8-6-14)11-21-23(29)27(24(34)35-21)17-3-2-4-18(12-17)28(30)31/h2-12H,13H2,1H3/b21-11-. The minimum Gasteiger partial charge on any atom is -0.493 e. The van der Waals surface area contributed by atoms with Gasteiger partial charge in [0, 0.05) is 12.1 Å². The Hall–Kier alpha value is -3.28. The second kappa shape index (κ2) is 10.5. The summed E-state index contributed by atoms with van der Waals surface area (Å²) in [5, 5.41) is 11.1. The Morgan fingerprint density at radius 3 is 2.63 bits per heavy atom. The quantitative estimate of drug-likeness (QED) is 0.138. The number of methoxy groups -OCH3 is 1. The molecule has 0 spiro atoms. The SMILES string of the molecule is COc1cc(/C=C2\SC(=S)N(c3cccc([N+](=O)[O-])c3)C2=O)cc(Br)c1OCc1ccc(F)cc1. The molecule has 0 bridgehead atoms. The van der Waals surface area contributed by atoms with E-state index in [0.717, 1.165) is 17.3 Å². The number of carbonyl (C=O) groups excluding carboxylic acids is 1. The molecule has 0 radical (unpaired) electrons. The molecule has 0 N–H and O–H groups in total. The number of amides is 1. The van der Waals surface area contributed by atoms with Crippen molar-refractivity contribution < 1.29 is 23.6 Å². The van der Waals surface area contributed by atoms with E-state index in [1.54, 1.807) is 36.4 Å². The van der Waals surface area contributed by atoms with Gasteiger partial charge < -0.3 is 9.47 Å². The van der Waals surface area contributed by atoms with Crippen LogP contribution < -0.4 is 14.4 Å². The molecule has 1 amide bonds. The van der Waals surface area contributed by atoms with Crippen LogP contribution in [0.25, 0.3) is 6.08 Å². The smallest absolute Gasteiger partial charge is 0.271 e. The van der Waals surface area contributed by atoms with Crippen molar-refractivity contribution in [1.29, 1.82) is 0 Å². The van der Waals surface area contributed by atoms with Gasteiger partial charge in [-0.25, -0.2) is 4.39 Å². The Labute approximate surface area is 217 Å². The van der Waals surface area contributed by atoms with Crippen LogP contribution in [-0.4, -0.2) is 22.3 Å². The highest BCUT2D eigenvalue weighted by atomic mass is 79.9. The molecule has 1 saturated heterocycles. The van der Waals surface area contributed by atoms with Gasteiger partial charge in [-0.15, -0.1) is 0 Å². The van der Waals surface area contributed by atoms with Gasteiger partial charge in [-0.3, -0.25) is 19.8 Å². The first kappa shape index (κ1) is 24.8. The number of nitro benzene ring substituents is 1. The lowest BCUT2D eigenvalue weighted by molar-refractivity contribution is -0.384. The third-order valence-corrected chi connectivity index (χ3v) is 6.83. The number of hydrogen-bond acceptors (Lipinski definition) is 7. The number of hydrogen-bond donors (Lipinski definition) is 0. The second-order valence-electron chi connectivity index (χ2n) is 7.24. The van der Waals surface area contributed by atoms with Crippen LogP contribution in [0.1, 0.15) is 11.1 Å². The van der Waals surface area contributed by atoms with E-state index in [9.17, 15) is 19.3 Å². The van der Waals surface area contributed by atoms with Crippen molar-refractivity contribution in [1.82, 2.24) is 0 Å². The lowest BCUT2D eigenvalue weighted by atomic mass is 10.1. The van der Waals surface area contributed by atoms with E-state index < -0.39 is 4.92 Å². The highest BCUT2D eigenvalue weighted by Gasteiger charge is 2.34. The third kappa shape index (κ3) is 5.53. The van der Waals surface area contributed by atoms with E-state index in [2.05, 4.69) is 15.9 Å². The third-order valence-electron chi connectivity index (χ3n) is 4.94. The fourth-order valence-corrected chi connectivity index (χ4v) is 5.16. The Kier molecular flexibility index (Phi) is 7.48. The van der Waals surface area contributed by atoms with Gasteiger partial charge >= 0.3 is 0 Å². The average molecular weight is 575 g/mol. The molecular weight excluding hydrogens is 559 g/mol. The topological polar surface area (TPSA) is 81.9 Å². The van der Waals surface area contributed by atoms with Gasteiger partial charge in [0.25, 0.3) is 11.6 Å². The zero-order valence-electron chi connectivity index (χ0n) is 18.1. The molecule has 4 rings (SSSR count). The molecule has 0 unspecified atom stereocenters. The van der Waals surface area contributed by atoms with Crippen LogP contribution in [-0.2, 0) is 11.4 Å². The van der Waals surface area contributed by atoms with E-state index in [0.29, 0.717) is 32.1 Å². The summed E-state index contributed by atoms with van der Waals surface area (Å²) in [5.74, 6) is 0.181. The maximum atomic E-state index is 13.1. The first-order chi connectivity index (χ1) is 16.8. The number of halogens is 2. The number of ether oxygens (including phenoxy) is 2. The molecule has 0 atom stereocenters. The van der Waals surface area contributed by atoms with Crippen molar-refractivity contribution in [2.75, 3.05) is 12.0 Å². The van der Waals surface area contributed by atoms with Gasteiger partial charge in [-0.1, -0.05) is 42.2 Å². The number of carbonyl (C=O) groups is 1. The molecule has 1 heterocycles. The van der Waals surface area contributed by atoms with Gasteiger partial charge in [-0.05, 0) is 63.5 Å². The number of benzene rings is 3. The summed E-state index contributed by atoms with van der Waals surface area (Å²) in [6, 6.07) is 15.2. The number of nitro groups is 1. The van der Waals surface area contributed by atoms with Crippen LogP contribution in [0.5, 0.6) is 11.5 Å². The zero-order chi connectivity index (χ0) is 25.1. The Bertz CT molecular complexity index is 1360. The molecule has 178 valence electrons. The molecule has 7 nitrogen and oxygen atoms in total. The van der Waals surface area contributed by atoms with E-state index in [1.807, 2.05) is 0 Å². The second-order valence-corrected chi connectivity index (χ2v) is 9.77. The first-order valence-corrected chi connectivity index (χ1v) is 12.1. The molecule has 3 aromatic rings. The summed E-state index contributed by atoms with van der Waals surface area (Å²) in [6.07, 6.45) is 1.66. The molecule has 0 aromatic heterocycles. The lowest BCUT2D eigenvalue weighted by Crippen LogP contribution is -2.27. The molecule has 3 aromatic carbocycles. The first-order valence-electron chi connectivity index (χ1n) is 10.0. The fourth-order valence-electron chi connectivity index (χ4n) is 3.29. The minimum atomic E-state index is -0.527. The van der Waals surface area contributed by atoms with Crippen molar-refractivity contribution in [3.8, 4) is 11.5 Å². The highest BCUT2D eigenvalue weighted by Crippen LogP contribution is 2.40. The van der Waals surface area contributed by atoms with Crippen molar-refractivity contribution in [3.05, 3.63) is 97.1 Å². The molecule has 0 aliphatic carbocycles. The summed E-state index contributed by atoms with van der Waals surface area (Å²) in [4.78, 5) is 25.3. The Morgan fingerprint density at radius 2 is 1.94 bits per heavy atom. The van der Waals surface area contributed by atoms with Gasteiger partial charge in [0.2, 0.25) is 0 Å². The van der Waals surface area contributed by atoms with Crippen LogP contribution in [0.15, 0.2) is 70.0 Å². The van der Waals surface area contributed by atoms with Crippen LogP contribution in [0, 0.1) is 15.9 Å². The van der Waals surface area contributed by atoms with Crippen LogP contribution in [0.3, 0.4) is 0 Å². The predicted octanol–water partition coefficient (Wildman–Crippen LogP) is 6.49. The minimum absolute atomic E-state index is 0.134. The molecular formula is C24H16BrFN2O5S2. The van der Waals surface area contributed by atoms with Crippen molar-refractivity contribution in [2.45, 2.75) is 6.61 Å². The number of non-ortho nitro benzene ring substituents is 1. The van der Waals surface area contributed by atoms with Crippen LogP contribution in [0.4, 0.5) is 15.8 Å². The average Bonchev–Trinajstić information content (AvgIpc) is 3.11. The van der Waals surface area contributed by atoms with Gasteiger partial charge in [0.05, 0.1) is 27.1 Å². The number of anilines is 1. The number of rotatable bonds is 7.